The van der Waals surface area contributed by atoms with E-state index in [-0.39, 0.29) is 0 Å². The number of halogens is 22. The molecule has 0 atom stereocenters. The fourth-order valence-corrected chi connectivity index (χ4v) is 1.86. The molecule has 0 saturated heterocycles. The van der Waals surface area contributed by atoms with Crippen LogP contribution in [0.25, 0.3) is 0 Å². The largest absolute Gasteiger partial charge is 0.460 e. The van der Waals surface area contributed by atoms with Gasteiger partial charge in [-0.3, -0.25) is 9.59 Å². The first-order valence-corrected chi connectivity index (χ1v) is 7.77. The lowest BCUT2D eigenvalue weighted by molar-refractivity contribution is -0.417. The first-order valence-electron chi connectivity index (χ1n) is 7.77. The van der Waals surface area contributed by atoms with Gasteiger partial charge in [0, 0.05) is 0 Å². The number of Topliss-reactive ketones (excluding diaryl/α,β-unsaturated/α-hetero) is 2. The molecule has 0 N–H and O–H groups in total. The molecule has 0 radical (unpaired) electrons. The molecular formula is C13H2F22O2. The van der Waals surface area contributed by atoms with Crippen LogP contribution >= 0.6 is 0 Å². The highest BCUT2D eigenvalue weighted by Gasteiger charge is 2.90. The molecule has 0 fully saturated rings. The summed E-state index contributed by atoms with van der Waals surface area (Å²) in [7, 11) is 0. The van der Waals surface area contributed by atoms with Crippen LogP contribution in [0.1, 0.15) is 6.42 Å². The summed E-state index contributed by atoms with van der Waals surface area (Å²) in [6.45, 7) is 0. The van der Waals surface area contributed by atoms with E-state index >= 15 is 0 Å². The first-order chi connectivity index (χ1) is 15.5. The van der Waals surface area contributed by atoms with Gasteiger partial charge in [0.25, 0.3) is 0 Å². The average molecular weight is 608 g/mol. The summed E-state index contributed by atoms with van der Waals surface area (Å²) in [5, 5.41) is 0. The minimum Gasteiger partial charge on any atom is -0.292 e. The van der Waals surface area contributed by atoms with Gasteiger partial charge in [0.15, 0.2) is 0 Å². The highest BCUT2D eigenvalue weighted by atomic mass is 19.4. The maximum atomic E-state index is 13.4. The lowest BCUT2D eigenvalue weighted by Crippen LogP contribution is -2.69. The molecule has 0 aliphatic carbocycles. The number of carbonyl (C=O) groups is 2. The molecule has 2 nitrogen and oxygen atoms in total. The van der Waals surface area contributed by atoms with Crippen LogP contribution in [0.15, 0.2) is 0 Å². The van der Waals surface area contributed by atoms with Gasteiger partial charge >= 0.3 is 59.7 Å². The molecule has 24 heteroatoms. The van der Waals surface area contributed by atoms with Gasteiger partial charge in [-0.1, -0.05) is 0 Å². The SMILES string of the molecule is O=C(CC(=O)C(F)(F)C(F)(F)C(F)(F)C(F)(F)C(F)(F)F)C(F)(F)C(F)(F)C(F)(F)C(F)(F)C(F)(F)F. The molecule has 0 amide bonds. The lowest BCUT2D eigenvalue weighted by atomic mass is 9.90. The number of carbonyl (C=O) groups excluding carboxylic acids is 2. The number of ketones is 2. The first kappa shape index (κ1) is 34.8. The van der Waals surface area contributed by atoms with E-state index in [1.807, 2.05) is 0 Å². The monoisotopic (exact) mass is 608 g/mol. The molecule has 0 aromatic carbocycles. The van der Waals surface area contributed by atoms with Crippen molar-refractivity contribution in [2.24, 2.45) is 0 Å². The van der Waals surface area contributed by atoms with Crippen molar-refractivity contribution < 1.29 is 106 Å². The van der Waals surface area contributed by atoms with Gasteiger partial charge in [-0.15, -0.1) is 0 Å². The van der Waals surface area contributed by atoms with Crippen LogP contribution in [0.3, 0.4) is 0 Å². The van der Waals surface area contributed by atoms with Crippen LogP contribution < -0.4 is 0 Å². The molecule has 0 saturated carbocycles. The van der Waals surface area contributed by atoms with E-state index in [4.69, 9.17) is 0 Å². The van der Waals surface area contributed by atoms with Crippen molar-refractivity contribution in [2.45, 2.75) is 66.2 Å². The van der Waals surface area contributed by atoms with E-state index < -0.39 is 77.7 Å². The predicted molar refractivity (Wildman–Crippen MR) is 66.3 cm³/mol. The molecular weight excluding hydrogens is 606 g/mol. The Balaban J connectivity index is 6.47. The molecule has 0 bridgehead atoms. The maximum absolute atomic E-state index is 13.4. The molecule has 0 heterocycles. The molecule has 37 heavy (non-hydrogen) atoms. The van der Waals surface area contributed by atoms with E-state index in [1.165, 1.54) is 0 Å². The Morgan fingerprint density at radius 1 is 0.324 bits per heavy atom. The summed E-state index contributed by atoms with van der Waals surface area (Å²) in [5.41, 5.74) is 0. The minimum absolute atomic E-state index is 4.20. The number of rotatable bonds is 10. The van der Waals surface area contributed by atoms with E-state index in [1.54, 1.807) is 0 Å². The highest BCUT2D eigenvalue weighted by molar-refractivity contribution is 6.06. The third-order valence-electron chi connectivity index (χ3n) is 4.10. The Kier molecular flexibility index (Phi) is 8.15. The maximum Gasteiger partial charge on any atom is 0.460 e. The van der Waals surface area contributed by atoms with Crippen LogP contribution in [0, 0.1) is 0 Å². The van der Waals surface area contributed by atoms with Crippen LogP contribution in [0.4, 0.5) is 96.6 Å². The Bertz CT molecular complexity index is 817. The van der Waals surface area contributed by atoms with Gasteiger partial charge in [-0.25, -0.2) is 0 Å². The summed E-state index contributed by atoms with van der Waals surface area (Å²) < 4.78 is 280. The standard InChI is InChI=1S/C13H2F22O2/c14-4(15,6(18,19)8(22,23)10(26,27)12(30,31)32)2(36)1-3(37)5(16,17)7(20,21)9(24,25)11(28,29)13(33,34)35/h1H2. The number of alkyl halides is 22. The van der Waals surface area contributed by atoms with Crippen molar-refractivity contribution in [3.8, 4) is 0 Å². The van der Waals surface area contributed by atoms with Crippen LogP contribution in [-0.4, -0.2) is 71.3 Å². The van der Waals surface area contributed by atoms with Gasteiger partial charge in [-0.2, -0.15) is 96.6 Å². The van der Waals surface area contributed by atoms with Crippen molar-refractivity contribution in [3.63, 3.8) is 0 Å². The normalized spacial score (nSPS) is 16.2. The quantitative estimate of drug-likeness (QED) is 0.204. The number of hydrogen-bond acceptors (Lipinski definition) is 2. The Morgan fingerprint density at radius 2 is 0.514 bits per heavy atom. The van der Waals surface area contributed by atoms with Crippen molar-refractivity contribution in [1.82, 2.24) is 0 Å². The van der Waals surface area contributed by atoms with Crippen LogP contribution in [0.5, 0.6) is 0 Å². The van der Waals surface area contributed by atoms with Crippen LogP contribution in [-0.2, 0) is 9.59 Å². The fraction of sp³-hybridized carbons (Fsp3) is 0.846. The Hall–Kier alpha value is -2.20. The fourth-order valence-electron chi connectivity index (χ4n) is 1.86. The topological polar surface area (TPSA) is 34.1 Å². The molecule has 0 aliphatic heterocycles. The molecule has 0 spiro atoms. The molecule has 220 valence electrons. The van der Waals surface area contributed by atoms with Gasteiger partial charge < -0.3 is 0 Å². The zero-order valence-electron chi connectivity index (χ0n) is 15.8. The molecule has 0 aromatic rings. The Labute approximate surface area is 185 Å². The van der Waals surface area contributed by atoms with E-state index in [0.29, 0.717) is 0 Å². The summed E-state index contributed by atoms with van der Waals surface area (Å²) in [6, 6.07) is 0. The smallest absolute Gasteiger partial charge is 0.292 e. The average Bonchev–Trinajstić information content (AvgIpc) is 2.64. The summed E-state index contributed by atoms with van der Waals surface area (Å²) in [6.07, 6.45) is -19.8. The van der Waals surface area contributed by atoms with Gasteiger partial charge in [0.1, 0.15) is 0 Å². The van der Waals surface area contributed by atoms with Crippen molar-refractivity contribution in [2.75, 3.05) is 0 Å². The zero-order valence-corrected chi connectivity index (χ0v) is 15.8. The van der Waals surface area contributed by atoms with Gasteiger partial charge in [-0.05, 0) is 0 Å². The van der Waals surface area contributed by atoms with E-state index in [2.05, 4.69) is 0 Å². The van der Waals surface area contributed by atoms with Crippen molar-refractivity contribution in [3.05, 3.63) is 0 Å². The molecule has 0 unspecified atom stereocenters. The lowest BCUT2D eigenvalue weighted by Gasteiger charge is -2.37. The Morgan fingerprint density at radius 3 is 0.676 bits per heavy atom. The number of hydrogen-bond donors (Lipinski definition) is 0. The summed E-state index contributed by atoms with van der Waals surface area (Å²) in [5.74, 6) is -74.8. The van der Waals surface area contributed by atoms with Gasteiger partial charge in [0.2, 0.25) is 11.6 Å². The zero-order chi connectivity index (χ0) is 30.9. The van der Waals surface area contributed by atoms with Gasteiger partial charge in [0.05, 0.1) is 6.42 Å². The van der Waals surface area contributed by atoms with Crippen molar-refractivity contribution >= 4 is 11.6 Å². The highest BCUT2D eigenvalue weighted by Crippen LogP contribution is 2.59. The molecule has 0 aromatic heterocycles. The van der Waals surface area contributed by atoms with E-state index in [9.17, 15) is 106 Å². The van der Waals surface area contributed by atoms with Crippen molar-refractivity contribution in [1.29, 1.82) is 0 Å². The summed E-state index contributed by atoms with van der Waals surface area (Å²) >= 11 is 0. The minimum atomic E-state index is -8.39. The third-order valence-corrected chi connectivity index (χ3v) is 4.10. The molecule has 0 aliphatic rings. The second kappa shape index (κ2) is 8.66. The van der Waals surface area contributed by atoms with E-state index in [0.717, 1.165) is 0 Å². The predicted octanol–water partition coefficient (Wildman–Crippen LogP) is 6.72. The molecule has 0 rings (SSSR count). The second-order valence-corrected chi connectivity index (χ2v) is 6.61. The summed E-state index contributed by atoms with van der Waals surface area (Å²) in [4.78, 5) is 21.8. The van der Waals surface area contributed by atoms with Crippen LogP contribution in [0.2, 0.25) is 0 Å². The third kappa shape index (κ3) is 4.64. The second-order valence-electron chi connectivity index (χ2n) is 6.61.